The highest BCUT2D eigenvalue weighted by Gasteiger charge is 2.38. The minimum Gasteiger partial charge on any atom is -0.488 e. The molecule has 8 heteroatoms. The van der Waals surface area contributed by atoms with E-state index in [1.165, 1.54) is 4.90 Å². The van der Waals surface area contributed by atoms with E-state index >= 15 is 0 Å². The number of carbonyl (C=O) groups excluding carboxylic acids is 2. The molecule has 0 N–H and O–H groups in total. The van der Waals surface area contributed by atoms with Crippen LogP contribution in [0.4, 0.5) is 13.6 Å². The normalized spacial score (nSPS) is 19.4. The molecule has 1 amide bonds. The Labute approximate surface area is 163 Å². The lowest BCUT2D eigenvalue weighted by Gasteiger charge is -2.28. The summed E-state index contributed by atoms with van der Waals surface area (Å²) in [5, 5.41) is 0. The van der Waals surface area contributed by atoms with E-state index in [1.54, 1.807) is 27.7 Å². The first-order valence-corrected chi connectivity index (χ1v) is 9.35. The van der Waals surface area contributed by atoms with Gasteiger partial charge >= 0.3 is 12.1 Å². The Hall–Kier alpha value is -2.38. The molecule has 2 rings (SSSR count). The maximum absolute atomic E-state index is 13.4. The molecule has 1 aliphatic rings. The van der Waals surface area contributed by atoms with Gasteiger partial charge in [-0.1, -0.05) is 0 Å². The summed E-state index contributed by atoms with van der Waals surface area (Å²) in [7, 11) is 0. The first-order chi connectivity index (χ1) is 13.1. The van der Waals surface area contributed by atoms with Crippen LogP contribution in [0.2, 0.25) is 0 Å². The van der Waals surface area contributed by atoms with Gasteiger partial charge in [-0.05, 0) is 34.1 Å². The highest BCUT2D eigenvalue weighted by molar-refractivity contribution is 5.71. The molecule has 0 unspecified atom stereocenters. The minimum atomic E-state index is -0.740. The molecule has 156 valence electrons. The van der Waals surface area contributed by atoms with Gasteiger partial charge in [0.05, 0.1) is 13.2 Å². The van der Waals surface area contributed by atoms with Crippen LogP contribution in [-0.2, 0) is 14.3 Å². The van der Waals surface area contributed by atoms with E-state index in [1.807, 2.05) is 0 Å². The Kier molecular flexibility index (Phi) is 7.21. The van der Waals surface area contributed by atoms with E-state index < -0.39 is 29.4 Å². The molecule has 0 radical (unpaired) electrons. The van der Waals surface area contributed by atoms with Crippen molar-refractivity contribution in [2.45, 2.75) is 64.7 Å². The number of hydrogen-bond donors (Lipinski definition) is 0. The van der Waals surface area contributed by atoms with Crippen LogP contribution in [-0.4, -0.2) is 47.9 Å². The molecule has 2 atom stereocenters. The summed E-state index contributed by atoms with van der Waals surface area (Å²) in [6, 6.07) is 2.64. The largest absolute Gasteiger partial charge is 0.488 e. The first kappa shape index (κ1) is 21.9. The average molecular weight is 399 g/mol. The molecule has 0 aromatic heterocycles. The van der Waals surface area contributed by atoms with Gasteiger partial charge in [0.15, 0.2) is 0 Å². The van der Waals surface area contributed by atoms with Crippen LogP contribution in [0, 0.1) is 11.6 Å². The smallest absolute Gasteiger partial charge is 0.410 e. The third-order valence-electron chi connectivity index (χ3n) is 4.13. The number of amides is 1. The van der Waals surface area contributed by atoms with Gasteiger partial charge in [0.25, 0.3) is 0 Å². The Bertz CT molecular complexity index is 684. The van der Waals surface area contributed by atoms with Crippen molar-refractivity contribution in [2.24, 2.45) is 0 Å². The number of hydrogen-bond acceptors (Lipinski definition) is 5. The second-order valence-electron chi connectivity index (χ2n) is 7.71. The molecule has 1 aliphatic heterocycles. The number of likely N-dealkylation sites (tertiary alicyclic amines) is 1. The molecular formula is C20H27F2NO5. The quantitative estimate of drug-likeness (QED) is 0.675. The van der Waals surface area contributed by atoms with Crippen LogP contribution < -0.4 is 4.74 Å². The van der Waals surface area contributed by atoms with Crippen molar-refractivity contribution in [3.05, 3.63) is 29.8 Å². The summed E-state index contributed by atoms with van der Waals surface area (Å²) < 4.78 is 42.9. The van der Waals surface area contributed by atoms with Crippen molar-refractivity contribution in [3.8, 4) is 5.75 Å². The van der Waals surface area contributed by atoms with E-state index in [2.05, 4.69) is 0 Å². The van der Waals surface area contributed by atoms with E-state index in [9.17, 15) is 18.4 Å². The van der Waals surface area contributed by atoms with E-state index in [-0.39, 0.29) is 37.3 Å². The summed E-state index contributed by atoms with van der Waals surface area (Å²) in [4.78, 5) is 25.7. The molecule has 28 heavy (non-hydrogen) atoms. The van der Waals surface area contributed by atoms with Gasteiger partial charge in [-0.3, -0.25) is 4.79 Å². The predicted octanol–water partition coefficient (Wildman–Crippen LogP) is 4.06. The molecule has 0 bridgehead atoms. The second-order valence-corrected chi connectivity index (χ2v) is 7.71. The average Bonchev–Trinajstić information content (AvgIpc) is 2.93. The van der Waals surface area contributed by atoms with Crippen LogP contribution in [0.5, 0.6) is 5.75 Å². The van der Waals surface area contributed by atoms with Crippen molar-refractivity contribution in [3.63, 3.8) is 0 Å². The van der Waals surface area contributed by atoms with Gasteiger partial charge in [-0.25, -0.2) is 13.6 Å². The van der Waals surface area contributed by atoms with Crippen molar-refractivity contribution in [1.82, 2.24) is 4.90 Å². The molecule has 1 aromatic carbocycles. The van der Waals surface area contributed by atoms with Gasteiger partial charge < -0.3 is 19.1 Å². The molecule has 0 saturated carbocycles. The summed E-state index contributed by atoms with van der Waals surface area (Å²) in [6.45, 7) is 7.49. The molecule has 1 aromatic rings. The number of benzene rings is 1. The van der Waals surface area contributed by atoms with E-state index in [0.29, 0.717) is 12.8 Å². The fourth-order valence-electron chi connectivity index (χ4n) is 3.08. The van der Waals surface area contributed by atoms with Gasteiger partial charge in [0.2, 0.25) is 0 Å². The number of ether oxygens (including phenoxy) is 3. The van der Waals surface area contributed by atoms with E-state index in [0.717, 1.165) is 18.2 Å². The summed E-state index contributed by atoms with van der Waals surface area (Å²) >= 11 is 0. The molecule has 1 heterocycles. The standard InChI is InChI=1S/C20H27F2NO5/c1-5-26-18(24)7-6-15-11-17(12-23(15)19(25)28-20(2,3)4)27-16-9-13(21)8-14(22)10-16/h8-10,15,17H,5-7,11-12H2,1-4H3/t15-,17-/m1/s1. The second kappa shape index (κ2) is 9.21. The summed E-state index contributed by atoms with van der Waals surface area (Å²) in [6.07, 6.45) is -0.0375. The molecule has 1 saturated heterocycles. The zero-order valence-corrected chi connectivity index (χ0v) is 16.7. The Morgan fingerprint density at radius 2 is 1.82 bits per heavy atom. The van der Waals surface area contributed by atoms with Gasteiger partial charge in [-0.15, -0.1) is 0 Å². The fourth-order valence-corrected chi connectivity index (χ4v) is 3.08. The zero-order valence-electron chi connectivity index (χ0n) is 16.7. The Morgan fingerprint density at radius 3 is 2.39 bits per heavy atom. The first-order valence-electron chi connectivity index (χ1n) is 9.35. The van der Waals surface area contributed by atoms with Gasteiger partial charge in [0.1, 0.15) is 29.1 Å². The molecular weight excluding hydrogens is 372 g/mol. The monoisotopic (exact) mass is 399 g/mol. The van der Waals surface area contributed by atoms with Crippen LogP contribution in [0.25, 0.3) is 0 Å². The molecule has 1 fully saturated rings. The summed E-state index contributed by atoms with van der Waals surface area (Å²) in [5.74, 6) is -1.77. The Morgan fingerprint density at radius 1 is 1.18 bits per heavy atom. The fraction of sp³-hybridized carbons (Fsp3) is 0.600. The zero-order chi connectivity index (χ0) is 20.9. The summed E-state index contributed by atoms with van der Waals surface area (Å²) in [5.41, 5.74) is -0.673. The number of carbonyl (C=O) groups is 2. The Balaban J connectivity index is 2.08. The van der Waals surface area contributed by atoms with Gasteiger partial charge in [0, 0.05) is 37.1 Å². The van der Waals surface area contributed by atoms with Crippen LogP contribution >= 0.6 is 0 Å². The molecule has 6 nitrogen and oxygen atoms in total. The SMILES string of the molecule is CCOC(=O)CC[C@@H]1C[C@@H](Oc2cc(F)cc(F)c2)CN1C(=O)OC(C)(C)C. The van der Waals surface area contributed by atoms with Crippen molar-refractivity contribution in [2.75, 3.05) is 13.2 Å². The number of nitrogens with zero attached hydrogens (tertiary/aromatic N) is 1. The highest BCUT2D eigenvalue weighted by atomic mass is 19.1. The van der Waals surface area contributed by atoms with Crippen LogP contribution in [0.3, 0.4) is 0 Å². The number of esters is 1. The lowest BCUT2D eigenvalue weighted by Crippen LogP contribution is -2.40. The third kappa shape index (κ3) is 6.65. The van der Waals surface area contributed by atoms with Crippen LogP contribution in [0.1, 0.15) is 47.0 Å². The minimum absolute atomic E-state index is 0.0534. The van der Waals surface area contributed by atoms with Crippen molar-refractivity contribution in [1.29, 1.82) is 0 Å². The topological polar surface area (TPSA) is 65.1 Å². The third-order valence-corrected chi connectivity index (χ3v) is 4.13. The number of halogens is 2. The highest BCUT2D eigenvalue weighted by Crippen LogP contribution is 2.28. The molecule has 0 spiro atoms. The lowest BCUT2D eigenvalue weighted by atomic mass is 10.1. The van der Waals surface area contributed by atoms with E-state index in [4.69, 9.17) is 14.2 Å². The maximum Gasteiger partial charge on any atom is 0.410 e. The van der Waals surface area contributed by atoms with Crippen molar-refractivity contribution >= 4 is 12.1 Å². The van der Waals surface area contributed by atoms with Crippen molar-refractivity contribution < 1.29 is 32.6 Å². The van der Waals surface area contributed by atoms with Gasteiger partial charge in [-0.2, -0.15) is 0 Å². The lowest BCUT2D eigenvalue weighted by molar-refractivity contribution is -0.143. The number of rotatable bonds is 6. The maximum atomic E-state index is 13.4. The van der Waals surface area contributed by atoms with Crippen LogP contribution in [0.15, 0.2) is 18.2 Å². The predicted molar refractivity (Wildman–Crippen MR) is 98.0 cm³/mol. The molecule has 0 aliphatic carbocycles.